The number of anilines is 1. The fraction of sp³-hybridized carbons (Fsp3) is 0.120. The summed E-state index contributed by atoms with van der Waals surface area (Å²) in [6.07, 6.45) is 1.70. The number of benzene rings is 3. The minimum absolute atomic E-state index is 0.0526. The highest BCUT2D eigenvalue weighted by atomic mass is 79.9. The van der Waals surface area contributed by atoms with Crippen LogP contribution in [0.4, 0.5) is 5.69 Å². The van der Waals surface area contributed by atoms with Gasteiger partial charge in [-0.25, -0.2) is 13.6 Å². The van der Waals surface area contributed by atoms with Crippen LogP contribution >= 0.6 is 27.5 Å². The van der Waals surface area contributed by atoms with Crippen LogP contribution in [0.25, 0.3) is 6.08 Å². The van der Waals surface area contributed by atoms with Gasteiger partial charge in [-0.3, -0.25) is 4.79 Å². The first-order chi connectivity index (χ1) is 17.1. The van der Waals surface area contributed by atoms with Gasteiger partial charge >= 0.3 is 0 Å². The zero-order valence-electron chi connectivity index (χ0n) is 19.2. The van der Waals surface area contributed by atoms with Crippen LogP contribution in [0.2, 0.25) is 5.02 Å². The second-order valence-electron chi connectivity index (χ2n) is 7.81. The number of carbonyl (C=O) groups excluding carboxylic acids is 1. The monoisotopic (exact) mass is 589 g/mol. The highest BCUT2D eigenvalue weighted by Gasteiger charge is 2.29. The average molecular weight is 591 g/mol. The number of rotatable bonds is 7. The van der Waals surface area contributed by atoms with Crippen molar-refractivity contribution in [3.05, 3.63) is 86.9 Å². The third kappa shape index (κ3) is 5.46. The summed E-state index contributed by atoms with van der Waals surface area (Å²) >= 11 is 9.75. The fourth-order valence-electron chi connectivity index (χ4n) is 3.53. The summed E-state index contributed by atoms with van der Waals surface area (Å²) < 4.78 is 35.1. The van der Waals surface area contributed by atoms with Crippen molar-refractivity contribution in [2.24, 2.45) is 10.2 Å². The van der Waals surface area contributed by atoms with Crippen molar-refractivity contribution in [3.8, 4) is 11.5 Å². The van der Waals surface area contributed by atoms with Crippen LogP contribution in [0.15, 0.2) is 80.7 Å². The van der Waals surface area contributed by atoms with Crippen molar-refractivity contribution >= 4 is 60.9 Å². The first-order valence-electron chi connectivity index (χ1n) is 10.6. The average Bonchev–Trinajstić information content (AvgIpc) is 3.12. The minimum atomic E-state index is -3.84. The summed E-state index contributed by atoms with van der Waals surface area (Å²) in [5.74, 6) is 0.614. The van der Waals surface area contributed by atoms with Gasteiger partial charge in [0.2, 0.25) is 10.0 Å². The van der Waals surface area contributed by atoms with E-state index >= 15 is 0 Å². The quantitative estimate of drug-likeness (QED) is 0.383. The number of nitrogens with two attached hydrogens (primary N) is 1. The molecular weight excluding hydrogens is 570 g/mol. The van der Waals surface area contributed by atoms with Gasteiger partial charge in [0.05, 0.1) is 33.5 Å². The van der Waals surface area contributed by atoms with E-state index in [1.807, 2.05) is 24.3 Å². The van der Waals surface area contributed by atoms with Crippen molar-refractivity contribution in [1.29, 1.82) is 0 Å². The summed E-state index contributed by atoms with van der Waals surface area (Å²) in [6, 6.07) is 16.6. The first kappa shape index (κ1) is 25.9. The van der Waals surface area contributed by atoms with Crippen molar-refractivity contribution in [2.75, 3.05) is 12.1 Å². The normalized spacial score (nSPS) is 14.8. The van der Waals surface area contributed by atoms with E-state index in [0.717, 1.165) is 5.56 Å². The van der Waals surface area contributed by atoms with E-state index in [2.05, 4.69) is 21.0 Å². The molecule has 0 atom stereocenters. The van der Waals surface area contributed by atoms with Crippen molar-refractivity contribution in [3.63, 3.8) is 0 Å². The topological polar surface area (TPSA) is 111 Å². The molecule has 1 aliphatic heterocycles. The second kappa shape index (κ2) is 10.4. The molecule has 2 N–H and O–H groups in total. The first-order valence-corrected chi connectivity index (χ1v) is 13.3. The molecule has 36 heavy (non-hydrogen) atoms. The highest BCUT2D eigenvalue weighted by molar-refractivity contribution is 9.10. The summed E-state index contributed by atoms with van der Waals surface area (Å²) in [5, 5.41) is 11.3. The summed E-state index contributed by atoms with van der Waals surface area (Å²) in [4.78, 5) is 13.1. The Labute approximate surface area is 222 Å². The predicted molar refractivity (Wildman–Crippen MR) is 143 cm³/mol. The van der Waals surface area contributed by atoms with Gasteiger partial charge in [0.15, 0.2) is 11.5 Å². The lowest BCUT2D eigenvalue weighted by molar-refractivity contribution is -0.114. The minimum Gasteiger partial charge on any atom is -0.493 e. The number of nitrogens with zero attached hydrogens (tertiary/aromatic N) is 2. The molecule has 8 nitrogen and oxygen atoms in total. The van der Waals surface area contributed by atoms with Crippen LogP contribution in [-0.4, -0.2) is 27.1 Å². The maximum Gasteiger partial charge on any atom is 0.280 e. The molecule has 4 rings (SSSR count). The standard InChI is InChI=1S/C25H21BrClN3O5S/c1-15-20(25(31)30(29-15)18-7-9-19(10-8-18)36(28,32)33)11-16-12-21(26)24(23(13-16)34-2)35-14-17-5-3-4-6-22(17)27/h3-13H,14H2,1-2H3,(H2,28,32,33)/b20-11-. The second-order valence-corrected chi connectivity index (χ2v) is 10.6. The Morgan fingerprint density at radius 1 is 1.14 bits per heavy atom. The molecule has 1 heterocycles. The molecule has 0 fully saturated rings. The number of hydrogen-bond acceptors (Lipinski definition) is 6. The number of hydrogen-bond donors (Lipinski definition) is 1. The van der Waals surface area contributed by atoms with Crippen LogP contribution in [0.3, 0.4) is 0 Å². The van der Waals surface area contributed by atoms with E-state index in [1.54, 1.807) is 25.1 Å². The Morgan fingerprint density at radius 3 is 2.47 bits per heavy atom. The summed E-state index contributed by atoms with van der Waals surface area (Å²) in [6.45, 7) is 1.97. The van der Waals surface area contributed by atoms with Gasteiger partial charge < -0.3 is 9.47 Å². The molecule has 0 unspecified atom stereocenters. The molecule has 0 saturated heterocycles. The number of amides is 1. The largest absolute Gasteiger partial charge is 0.493 e. The number of ether oxygens (including phenoxy) is 2. The molecule has 3 aromatic rings. The zero-order chi connectivity index (χ0) is 26.0. The molecular formula is C25H21BrClN3O5S. The fourth-order valence-corrected chi connectivity index (χ4v) is 4.81. The lowest BCUT2D eigenvalue weighted by Gasteiger charge is -2.14. The Hall–Kier alpha value is -3.18. The molecule has 0 radical (unpaired) electrons. The molecule has 186 valence electrons. The van der Waals surface area contributed by atoms with Crippen molar-refractivity contribution in [2.45, 2.75) is 18.4 Å². The Kier molecular flexibility index (Phi) is 7.51. The number of carbonyl (C=O) groups is 1. The van der Waals surface area contributed by atoms with Gasteiger partial charge in [-0.05, 0) is 77.0 Å². The summed E-state index contributed by atoms with van der Waals surface area (Å²) in [5.41, 5.74) is 2.82. The molecule has 0 bridgehead atoms. The van der Waals surface area contributed by atoms with Gasteiger partial charge in [-0.2, -0.15) is 10.1 Å². The van der Waals surface area contributed by atoms with Crippen LogP contribution < -0.4 is 19.6 Å². The predicted octanol–water partition coefficient (Wildman–Crippen LogP) is 5.14. The number of halogens is 2. The van der Waals surface area contributed by atoms with Crippen molar-refractivity contribution in [1.82, 2.24) is 0 Å². The molecule has 1 amide bonds. The van der Waals surface area contributed by atoms with Crippen LogP contribution in [-0.2, 0) is 21.4 Å². The number of primary sulfonamides is 1. The number of methoxy groups -OCH3 is 1. The third-order valence-corrected chi connectivity index (χ3v) is 7.25. The Bertz CT molecular complexity index is 1500. The van der Waals surface area contributed by atoms with E-state index in [9.17, 15) is 13.2 Å². The van der Waals surface area contributed by atoms with E-state index in [-0.39, 0.29) is 17.4 Å². The maximum atomic E-state index is 13.1. The smallest absolute Gasteiger partial charge is 0.280 e. The van der Waals surface area contributed by atoms with E-state index in [0.29, 0.717) is 43.5 Å². The molecule has 0 saturated carbocycles. The SMILES string of the molecule is COc1cc(/C=C2\C(=O)N(c3ccc(S(N)(=O)=O)cc3)N=C2C)cc(Br)c1OCc1ccccc1Cl. The lowest BCUT2D eigenvalue weighted by Crippen LogP contribution is -2.21. The molecule has 0 aliphatic carbocycles. The Morgan fingerprint density at radius 2 is 1.83 bits per heavy atom. The van der Waals surface area contributed by atoms with Crippen molar-refractivity contribution < 1.29 is 22.7 Å². The van der Waals surface area contributed by atoms with E-state index < -0.39 is 10.0 Å². The molecule has 3 aromatic carbocycles. The van der Waals surface area contributed by atoms with Crippen LogP contribution in [0, 0.1) is 0 Å². The molecule has 1 aliphatic rings. The summed E-state index contributed by atoms with van der Waals surface area (Å²) in [7, 11) is -2.31. The lowest BCUT2D eigenvalue weighted by atomic mass is 10.1. The van der Waals surface area contributed by atoms with Crippen LogP contribution in [0.1, 0.15) is 18.1 Å². The molecule has 0 aromatic heterocycles. The van der Waals surface area contributed by atoms with E-state index in [1.165, 1.54) is 36.4 Å². The molecule has 0 spiro atoms. The van der Waals surface area contributed by atoms with Gasteiger partial charge in [-0.1, -0.05) is 29.8 Å². The highest BCUT2D eigenvalue weighted by Crippen LogP contribution is 2.38. The van der Waals surface area contributed by atoms with Gasteiger partial charge in [0.1, 0.15) is 6.61 Å². The molecule has 11 heteroatoms. The van der Waals surface area contributed by atoms with E-state index in [4.69, 9.17) is 26.2 Å². The van der Waals surface area contributed by atoms with Gasteiger partial charge in [-0.15, -0.1) is 0 Å². The number of sulfonamides is 1. The number of hydrazone groups is 1. The van der Waals surface area contributed by atoms with Gasteiger partial charge in [0, 0.05) is 10.6 Å². The van der Waals surface area contributed by atoms with Crippen LogP contribution in [0.5, 0.6) is 11.5 Å². The zero-order valence-corrected chi connectivity index (χ0v) is 22.4. The maximum absolute atomic E-state index is 13.1. The van der Waals surface area contributed by atoms with Gasteiger partial charge in [0.25, 0.3) is 5.91 Å². The third-order valence-electron chi connectivity index (χ3n) is 5.37. The Balaban J connectivity index is 1.59.